The van der Waals surface area contributed by atoms with Crippen LogP contribution in [0.5, 0.6) is 5.75 Å². The van der Waals surface area contributed by atoms with Crippen molar-refractivity contribution in [3.05, 3.63) is 66.4 Å². The average Bonchev–Trinajstić information content (AvgIpc) is 2.70. The van der Waals surface area contributed by atoms with Crippen LogP contribution in [0.25, 0.3) is 10.9 Å². The van der Waals surface area contributed by atoms with Crippen LogP contribution in [0.4, 0.5) is 5.69 Å². The highest BCUT2D eigenvalue weighted by Gasteiger charge is 2.13. The Labute approximate surface area is 155 Å². The second kappa shape index (κ2) is 9.56. The third-order valence-corrected chi connectivity index (χ3v) is 4.08. The van der Waals surface area contributed by atoms with E-state index in [-0.39, 0.29) is 11.8 Å². The zero-order chi connectivity index (χ0) is 18.9. The molecule has 0 aliphatic rings. The SMILES string of the molecule is CC.COc1ccc(C(C)CC(=O)Nc2cccc3cccnc23)cc1. The van der Waals surface area contributed by atoms with Gasteiger partial charge in [0.1, 0.15) is 5.75 Å². The van der Waals surface area contributed by atoms with Crippen LogP contribution in [0.1, 0.15) is 38.7 Å². The second-order valence-electron chi connectivity index (χ2n) is 5.81. The van der Waals surface area contributed by atoms with Crippen molar-refractivity contribution in [2.75, 3.05) is 12.4 Å². The Hall–Kier alpha value is -2.88. The Morgan fingerprint density at radius 2 is 1.77 bits per heavy atom. The summed E-state index contributed by atoms with van der Waals surface area (Å²) < 4.78 is 5.16. The normalized spacial score (nSPS) is 11.2. The zero-order valence-electron chi connectivity index (χ0n) is 15.8. The molecule has 1 aromatic heterocycles. The number of carbonyl (C=O) groups excluding carboxylic acids is 1. The Morgan fingerprint density at radius 3 is 2.46 bits per heavy atom. The molecule has 0 fully saturated rings. The van der Waals surface area contributed by atoms with E-state index in [4.69, 9.17) is 4.74 Å². The predicted octanol–water partition coefficient (Wildman–Crippen LogP) is 5.40. The fourth-order valence-corrected chi connectivity index (χ4v) is 2.73. The first-order valence-electron chi connectivity index (χ1n) is 8.95. The first-order chi connectivity index (χ1) is 12.7. The summed E-state index contributed by atoms with van der Waals surface area (Å²) in [4.78, 5) is 16.8. The monoisotopic (exact) mass is 350 g/mol. The van der Waals surface area contributed by atoms with Gasteiger partial charge in [-0.25, -0.2) is 0 Å². The van der Waals surface area contributed by atoms with Crippen molar-refractivity contribution in [1.29, 1.82) is 0 Å². The third-order valence-electron chi connectivity index (χ3n) is 4.08. The van der Waals surface area contributed by atoms with Crippen LogP contribution in [-0.4, -0.2) is 18.0 Å². The molecule has 1 atom stereocenters. The van der Waals surface area contributed by atoms with Gasteiger partial charge in [-0.05, 0) is 35.7 Å². The van der Waals surface area contributed by atoms with Gasteiger partial charge in [-0.1, -0.05) is 51.1 Å². The molecule has 0 aliphatic heterocycles. The van der Waals surface area contributed by atoms with E-state index in [1.54, 1.807) is 13.3 Å². The van der Waals surface area contributed by atoms with Gasteiger partial charge in [-0.2, -0.15) is 0 Å². The highest BCUT2D eigenvalue weighted by atomic mass is 16.5. The number of fused-ring (bicyclic) bond motifs is 1. The molecule has 0 saturated carbocycles. The summed E-state index contributed by atoms with van der Waals surface area (Å²) in [5, 5.41) is 3.99. The van der Waals surface area contributed by atoms with Gasteiger partial charge in [-0.15, -0.1) is 0 Å². The summed E-state index contributed by atoms with van der Waals surface area (Å²) in [5.41, 5.74) is 2.67. The first-order valence-corrected chi connectivity index (χ1v) is 8.95. The van der Waals surface area contributed by atoms with Gasteiger partial charge in [0.15, 0.2) is 0 Å². The Kier molecular flexibility index (Phi) is 7.15. The molecule has 0 saturated heterocycles. The number of nitrogens with zero attached hydrogens (tertiary/aromatic N) is 1. The minimum atomic E-state index is -0.0172. The average molecular weight is 350 g/mol. The molecule has 4 heteroatoms. The van der Waals surface area contributed by atoms with Gasteiger partial charge in [-0.3, -0.25) is 9.78 Å². The number of methoxy groups -OCH3 is 1. The van der Waals surface area contributed by atoms with E-state index in [0.29, 0.717) is 6.42 Å². The van der Waals surface area contributed by atoms with Crippen LogP contribution in [0.3, 0.4) is 0 Å². The summed E-state index contributed by atoms with van der Waals surface area (Å²) in [7, 11) is 1.64. The molecule has 1 unspecified atom stereocenters. The highest BCUT2D eigenvalue weighted by molar-refractivity contribution is 6.00. The maximum Gasteiger partial charge on any atom is 0.225 e. The van der Waals surface area contributed by atoms with Gasteiger partial charge >= 0.3 is 0 Å². The van der Waals surface area contributed by atoms with Crippen LogP contribution in [-0.2, 0) is 4.79 Å². The number of ether oxygens (including phenoxy) is 1. The van der Waals surface area contributed by atoms with Crippen molar-refractivity contribution in [2.45, 2.75) is 33.1 Å². The molecule has 26 heavy (non-hydrogen) atoms. The van der Waals surface area contributed by atoms with E-state index < -0.39 is 0 Å². The first kappa shape index (κ1) is 19.4. The Bertz CT molecular complexity index is 839. The van der Waals surface area contributed by atoms with E-state index in [0.717, 1.165) is 27.9 Å². The Morgan fingerprint density at radius 1 is 1.08 bits per heavy atom. The standard InChI is InChI=1S/C20H20N2O2.C2H6/c1-14(15-8-10-17(24-2)11-9-15)13-19(23)22-18-7-3-5-16-6-4-12-21-20(16)18;1-2/h3-12,14H,13H2,1-2H3,(H,22,23);1-2H3. The van der Waals surface area contributed by atoms with Gasteiger partial charge in [0, 0.05) is 18.0 Å². The zero-order valence-corrected chi connectivity index (χ0v) is 15.8. The van der Waals surface area contributed by atoms with E-state index in [1.165, 1.54) is 0 Å². The van der Waals surface area contributed by atoms with Crippen molar-refractivity contribution in [2.24, 2.45) is 0 Å². The van der Waals surface area contributed by atoms with E-state index in [9.17, 15) is 4.79 Å². The molecular weight excluding hydrogens is 324 g/mol. The van der Waals surface area contributed by atoms with Gasteiger partial charge < -0.3 is 10.1 Å². The van der Waals surface area contributed by atoms with Crippen LogP contribution < -0.4 is 10.1 Å². The van der Waals surface area contributed by atoms with Crippen LogP contribution in [0.15, 0.2) is 60.8 Å². The summed E-state index contributed by atoms with van der Waals surface area (Å²) >= 11 is 0. The molecule has 0 bridgehead atoms. The number of pyridine rings is 1. The van der Waals surface area contributed by atoms with Crippen LogP contribution in [0, 0.1) is 0 Å². The lowest BCUT2D eigenvalue weighted by atomic mass is 9.97. The van der Waals surface area contributed by atoms with Crippen molar-refractivity contribution < 1.29 is 9.53 Å². The molecule has 136 valence electrons. The van der Waals surface area contributed by atoms with E-state index in [1.807, 2.05) is 75.4 Å². The van der Waals surface area contributed by atoms with Crippen LogP contribution in [0.2, 0.25) is 0 Å². The molecule has 3 aromatic rings. The maximum absolute atomic E-state index is 12.4. The minimum Gasteiger partial charge on any atom is -0.497 e. The summed E-state index contributed by atoms with van der Waals surface area (Å²) in [5.74, 6) is 0.924. The molecule has 4 nitrogen and oxygen atoms in total. The molecule has 0 radical (unpaired) electrons. The topological polar surface area (TPSA) is 51.2 Å². The molecule has 1 amide bonds. The van der Waals surface area contributed by atoms with Gasteiger partial charge in [0.25, 0.3) is 0 Å². The van der Waals surface area contributed by atoms with Crippen LogP contribution >= 0.6 is 0 Å². The molecule has 1 N–H and O–H groups in total. The predicted molar refractivity (Wildman–Crippen MR) is 108 cm³/mol. The largest absolute Gasteiger partial charge is 0.497 e. The third kappa shape index (κ3) is 4.82. The molecule has 2 aromatic carbocycles. The fourth-order valence-electron chi connectivity index (χ4n) is 2.73. The summed E-state index contributed by atoms with van der Waals surface area (Å²) in [6, 6.07) is 17.5. The summed E-state index contributed by atoms with van der Waals surface area (Å²) in [6.45, 7) is 6.04. The molecule has 0 spiro atoms. The summed E-state index contributed by atoms with van der Waals surface area (Å²) in [6.07, 6.45) is 2.15. The Balaban J connectivity index is 0.00000117. The quantitative estimate of drug-likeness (QED) is 0.670. The minimum absolute atomic E-state index is 0.0172. The maximum atomic E-state index is 12.4. The van der Waals surface area contributed by atoms with E-state index >= 15 is 0 Å². The molecule has 3 rings (SSSR count). The van der Waals surface area contributed by atoms with Gasteiger partial charge in [0.05, 0.1) is 18.3 Å². The number of amides is 1. The number of aromatic nitrogens is 1. The number of rotatable bonds is 5. The van der Waals surface area contributed by atoms with Crippen molar-refractivity contribution >= 4 is 22.5 Å². The smallest absolute Gasteiger partial charge is 0.225 e. The van der Waals surface area contributed by atoms with E-state index in [2.05, 4.69) is 10.3 Å². The number of carbonyl (C=O) groups is 1. The molecule has 0 aliphatic carbocycles. The van der Waals surface area contributed by atoms with Crippen molar-refractivity contribution in [3.8, 4) is 5.75 Å². The lowest BCUT2D eigenvalue weighted by Crippen LogP contribution is -2.14. The fraction of sp³-hybridized carbons (Fsp3) is 0.273. The number of benzene rings is 2. The van der Waals surface area contributed by atoms with Gasteiger partial charge in [0.2, 0.25) is 5.91 Å². The lowest BCUT2D eigenvalue weighted by molar-refractivity contribution is -0.116. The highest BCUT2D eigenvalue weighted by Crippen LogP contribution is 2.24. The number of nitrogens with one attached hydrogen (secondary N) is 1. The number of anilines is 1. The second-order valence-corrected chi connectivity index (χ2v) is 5.81. The van der Waals surface area contributed by atoms with Crippen molar-refractivity contribution in [1.82, 2.24) is 4.98 Å². The van der Waals surface area contributed by atoms with Crippen molar-refractivity contribution in [3.63, 3.8) is 0 Å². The lowest BCUT2D eigenvalue weighted by Gasteiger charge is -2.13. The number of para-hydroxylation sites is 1. The molecule has 1 heterocycles. The number of hydrogen-bond donors (Lipinski definition) is 1. The molecular formula is C22H26N2O2. The number of hydrogen-bond acceptors (Lipinski definition) is 3.